The molecule has 0 aliphatic heterocycles. The molecule has 0 amide bonds. The van der Waals surface area contributed by atoms with Crippen molar-refractivity contribution in [2.45, 2.75) is 12.1 Å². The van der Waals surface area contributed by atoms with E-state index in [1.807, 2.05) is 0 Å². The quantitative estimate of drug-likeness (QED) is 0.837. The maximum absolute atomic E-state index is 11.9. The number of aliphatic hydroxyl groups is 1. The van der Waals surface area contributed by atoms with E-state index in [0.29, 0.717) is 15.8 Å². The van der Waals surface area contributed by atoms with E-state index in [1.54, 1.807) is 18.2 Å². The Kier molecular flexibility index (Phi) is 5.61. The van der Waals surface area contributed by atoms with E-state index in [2.05, 4.69) is 15.9 Å². The third-order valence-corrected chi connectivity index (χ3v) is 3.14. The molecule has 0 aliphatic rings. The summed E-state index contributed by atoms with van der Waals surface area (Å²) in [6.07, 6.45) is 0. The zero-order valence-electron chi connectivity index (χ0n) is 8.63. The van der Waals surface area contributed by atoms with Crippen LogP contribution in [0.2, 0.25) is 0 Å². The fraction of sp³-hybridized carbons (Fsp3) is 0.400. The highest BCUT2D eigenvalue weighted by Gasteiger charge is 2.27. The molecule has 0 aliphatic carbocycles. The van der Waals surface area contributed by atoms with Crippen LogP contribution in [0.15, 0.2) is 22.7 Å². The summed E-state index contributed by atoms with van der Waals surface area (Å²) in [5.74, 6) is 0.202. The van der Waals surface area contributed by atoms with Crippen molar-refractivity contribution in [2.75, 3.05) is 12.4 Å². The normalized spacial score (nSPS) is 11.6. The average molecular weight is 331 g/mol. The second-order valence-corrected chi connectivity index (χ2v) is 5.04. The van der Waals surface area contributed by atoms with Crippen molar-refractivity contribution in [1.82, 2.24) is 0 Å². The minimum Gasteiger partial charge on any atom is -0.491 e. The fourth-order valence-corrected chi connectivity index (χ4v) is 2.06. The minimum atomic E-state index is -4.24. The molecule has 17 heavy (non-hydrogen) atoms. The summed E-state index contributed by atoms with van der Waals surface area (Å²) in [4.78, 5) is 0. The molecule has 1 N–H and O–H groups in total. The first-order chi connectivity index (χ1) is 7.94. The van der Waals surface area contributed by atoms with Gasteiger partial charge in [0.15, 0.2) is 0 Å². The van der Waals surface area contributed by atoms with Crippen LogP contribution in [0.3, 0.4) is 0 Å². The molecule has 0 saturated heterocycles. The average Bonchev–Trinajstić information content (AvgIpc) is 2.24. The van der Waals surface area contributed by atoms with Crippen LogP contribution in [0.1, 0.15) is 5.56 Å². The standard InChI is InChI=1S/C10H10BrF3O2S/c11-8-3-1-2-7(6-15)9(8)16-4-5-17-10(12,13)14/h1-3,15H,4-6H2. The van der Waals surface area contributed by atoms with Gasteiger partial charge in [-0.25, -0.2) is 0 Å². The number of aliphatic hydroxyl groups excluding tert-OH is 1. The number of rotatable bonds is 5. The summed E-state index contributed by atoms with van der Waals surface area (Å²) in [6.45, 7) is -0.291. The Bertz CT molecular complexity index is 371. The van der Waals surface area contributed by atoms with Crippen molar-refractivity contribution in [2.24, 2.45) is 0 Å². The Hall–Kier alpha value is -0.400. The second kappa shape index (κ2) is 6.51. The zero-order valence-corrected chi connectivity index (χ0v) is 11.0. The topological polar surface area (TPSA) is 29.5 Å². The van der Waals surface area contributed by atoms with Crippen LogP contribution in [0.5, 0.6) is 5.75 Å². The summed E-state index contributed by atoms with van der Waals surface area (Å²) in [6, 6.07) is 5.06. The number of alkyl halides is 3. The Balaban J connectivity index is 2.52. The molecule has 0 aromatic heterocycles. The van der Waals surface area contributed by atoms with E-state index in [4.69, 9.17) is 9.84 Å². The lowest BCUT2D eigenvalue weighted by Gasteiger charge is -2.12. The van der Waals surface area contributed by atoms with Gasteiger partial charge in [0, 0.05) is 11.3 Å². The molecule has 2 nitrogen and oxygen atoms in total. The zero-order chi connectivity index (χ0) is 12.9. The fourth-order valence-electron chi connectivity index (χ4n) is 1.14. The third-order valence-electron chi connectivity index (χ3n) is 1.81. The van der Waals surface area contributed by atoms with Crippen molar-refractivity contribution in [3.05, 3.63) is 28.2 Å². The van der Waals surface area contributed by atoms with Gasteiger partial charge in [-0.15, -0.1) is 0 Å². The first-order valence-electron chi connectivity index (χ1n) is 4.66. The van der Waals surface area contributed by atoms with E-state index in [0.717, 1.165) is 0 Å². The molecule has 0 spiro atoms. The van der Waals surface area contributed by atoms with Crippen LogP contribution in [0.25, 0.3) is 0 Å². The van der Waals surface area contributed by atoms with E-state index >= 15 is 0 Å². The predicted octanol–water partition coefficient (Wildman–Crippen LogP) is 3.57. The molecule has 7 heteroatoms. The van der Waals surface area contributed by atoms with Crippen LogP contribution in [-0.2, 0) is 6.61 Å². The van der Waals surface area contributed by atoms with E-state index in [9.17, 15) is 13.2 Å². The molecule has 0 bridgehead atoms. The first-order valence-corrected chi connectivity index (χ1v) is 6.43. The Labute approximate surface area is 109 Å². The largest absolute Gasteiger partial charge is 0.491 e. The van der Waals surface area contributed by atoms with Crippen molar-refractivity contribution < 1.29 is 23.0 Å². The van der Waals surface area contributed by atoms with Gasteiger partial charge in [-0.3, -0.25) is 0 Å². The van der Waals surface area contributed by atoms with Gasteiger partial charge in [-0.2, -0.15) is 13.2 Å². The highest BCUT2D eigenvalue weighted by molar-refractivity contribution is 9.10. The van der Waals surface area contributed by atoms with Gasteiger partial charge in [0.1, 0.15) is 5.75 Å². The van der Waals surface area contributed by atoms with Crippen LogP contribution in [-0.4, -0.2) is 23.0 Å². The molecule has 1 aromatic carbocycles. The highest BCUT2D eigenvalue weighted by atomic mass is 79.9. The lowest BCUT2D eigenvalue weighted by molar-refractivity contribution is -0.0329. The first kappa shape index (κ1) is 14.7. The number of benzene rings is 1. The second-order valence-electron chi connectivity index (χ2n) is 3.03. The summed E-state index contributed by atoms with van der Waals surface area (Å²) in [5.41, 5.74) is -3.70. The minimum absolute atomic E-state index is 0.0697. The monoisotopic (exact) mass is 330 g/mol. The molecule has 0 unspecified atom stereocenters. The highest BCUT2D eigenvalue weighted by Crippen LogP contribution is 2.32. The van der Waals surface area contributed by atoms with Gasteiger partial charge >= 0.3 is 5.51 Å². The van der Waals surface area contributed by atoms with Gasteiger partial charge in [0.2, 0.25) is 0 Å². The molecular weight excluding hydrogens is 321 g/mol. The Morgan fingerprint density at radius 1 is 1.35 bits per heavy atom. The number of thioether (sulfide) groups is 1. The Morgan fingerprint density at radius 3 is 2.65 bits per heavy atom. The van der Waals surface area contributed by atoms with Crippen LogP contribution < -0.4 is 4.74 Å². The summed E-state index contributed by atoms with van der Waals surface area (Å²) in [7, 11) is 0. The molecule has 0 fully saturated rings. The van der Waals surface area contributed by atoms with Crippen LogP contribution in [0, 0.1) is 0 Å². The molecule has 0 heterocycles. The van der Waals surface area contributed by atoms with E-state index < -0.39 is 5.51 Å². The molecule has 1 aromatic rings. The van der Waals surface area contributed by atoms with Gasteiger partial charge < -0.3 is 9.84 Å². The summed E-state index contributed by atoms with van der Waals surface area (Å²) in [5, 5.41) is 9.04. The van der Waals surface area contributed by atoms with Crippen LogP contribution in [0.4, 0.5) is 13.2 Å². The number of hydrogen-bond donors (Lipinski definition) is 1. The third kappa shape index (κ3) is 5.18. The summed E-state index contributed by atoms with van der Waals surface area (Å²) >= 11 is 3.08. The van der Waals surface area contributed by atoms with Gasteiger partial charge in [0.25, 0.3) is 0 Å². The van der Waals surface area contributed by atoms with Crippen LogP contribution >= 0.6 is 27.7 Å². The molecule has 0 radical (unpaired) electrons. The van der Waals surface area contributed by atoms with Crippen molar-refractivity contribution in [1.29, 1.82) is 0 Å². The smallest absolute Gasteiger partial charge is 0.441 e. The number of hydrogen-bond acceptors (Lipinski definition) is 3. The van der Waals surface area contributed by atoms with Gasteiger partial charge in [0.05, 0.1) is 17.7 Å². The van der Waals surface area contributed by atoms with Gasteiger partial charge in [-0.05, 0) is 33.8 Å². The lowest BCUT2D eigenvalue weighted by Crippen LogP contribution is -2.08. The SMILES string of the molecule is OCc1cccc(Br)c1OCCSC(F)(F)F. The summed E-state index contributed by atoms with van der Waals surface area (Å²) < 4.78 is 41.4. The molecule has 96 valence electrons. The van der Waals surface area contributed by atoms with Crippen molar-refractivity contribution in [3.8, 4) is 5.75 Å². The maximum atomic E-state index is 11.9. The molecule has 0 atom stereocenters. The lowest BCUT2D eigenvalue weighted by atomic mass is 10.2. The number of para-hydroxylation sites is 1. The predicted molar refractivity (Wildman–Crippen MR) is 64.1 cm³/mol. The van der Waals surface area contributed by atoms with E-state index in [1.165, 1.54) is 0 Å². The molecule has 0 saturated carbocycles. The molecular formula is C10H10BrF3O2S. The number of halogens is 4. The van der Waals surface area contributed by atoms with Crippen molar-refractivity contribution >= 4 is 27.7 Å². The van der Waals surface area contributed by atoms with Gasteiger partial charge in [-0.1, -0.05) is 12.1 Å². The number of ether oxygens (including phenoxy) is 1. The van der Waals surface area contributed by atoms with Crippen molar-refractivity contribution in [3.63, 3.8) is 0 Å². The molecule has 1 rings (SSSR count). The maximum Gasteiger partial charge on any atom is 0.441 e. The van der Waals surface area contributed by atoms with E-state index in [-0.39, 0.29) is 30.7 Å². The Morgan fingerprint density at radius 2 is 2.06 bits per heavy atom.